The summed E-state index contributed by atoms with van der Waals surface area (Å²) >= 11 is 0. The van der Waals surface area contributed by atoms with E-state index in [1.54, 1.807) is 10.9 Å². The Labute approximate surface area is 135 Å². The van der Waals surface area contributed by atoms with Crippen molar-refractivity contribution >= 4 is 5.96 Å². The average Bonchev–Trinajstić information content (AvgIpc) is 3.23. The van der Waals surface area contributed by atoms with Gasteiger partial charge in [-0.25, -0.2) is 4.99 Å². The molecule has 0 radical (unpaired) electrons. The van der Waals surface area contributed by atoms with E-state index in [1.807, 2.05) is 25.5 Å². The fraction of sp³-hybridized carbons (Fsp3) is 0.533. The molecule has 3 heterocycles. The predicted octanol–water partition coefficient (Wildman–Crippen LogP) is 0.947. The second-order valence-corrected chi connectivity index (χ2v) is 5.41. The third-order valence-corrected chi connectivity index (χ3v) is 3.68. The van der Waals surface area contributed by atoms with Crippen LogP contribution < -0.4 is 5.32 Å². The number of aliphatic imine (C=N–C) groups is 1. The van der Waals surface area contributed by atoms with Crippen LogP contribution in [-0.4, -0.2) is 52.0 Å². The van der Waals surface area contributed by atoms with E-state index in [2.05, 4.69) is 32.4 Å². The van der Waals surface area contributed by atoms with Gasteiger partial charge in [0.25, 0.3) is 0 Å². The van der Waals surface area contributed by atoms with Crippen LogP contribution in [0.5, 0.6) is 0 Å². The Bertz CT molecular complexity index is 636. The maximum absolute atomic E-state index is 5.88. The standard InChI is InChI=1S/C15H22N6O2/c1-3-16-15(17-9-13-4-6-23-19-13)21-5-7-22-14(11-21)12-8-18-20(2)10-12/h4,6,8,10,14H,3,5,7,9,11H2,1-2H3,(H,16,17). The third-order valence-electron chi connectivity index (χ3n) is 3.68. The van der Waals surface area contributed by atoms with Crippen molar-refractivity contribution in [2.24, 2.45) is 12.0 Å². The molecule has 1 N–H and O–H groups in total. The lowest BCUT2D eigenvalue weighted by molar-refractivity contribution is -0.00805. The Kier molecular flexibility index (Phi) is 4.92. The van der Waals surface area contributed by atoms with E-state index >= 15 is 0 Å². The molecule has 124 valence electrons. The summed E-state index contributed by atoms with van der Waals surface area (Å²) in [5.41, 5.74) is 1.90. The highest BCUT2D eigenvalue weighted by atomic mass is 16.5. The van der Waals surface area contributed by atoms with Crippen molar-refractivity contribution in [2.45, 2.75) is 19.6 Å². The van der Waals surface area contributed by atoms with Gasteiger partial charge in [0.05, 0.1) is 25.9 Å². The van der Waals surface area contributed by atoms with E-state index in [0.717, 1.165) is 36.9 Å². The fourth-order valence-electron chi connectivity index (χ4n) is 2.55. The smallest absolute Gasteiger partial charge is 0.194 e. The fourth-order valence-corrected chi connectivity index (χ4v) is 2.55. The number of ether oxygens (including phenoxy) is 1. The summed E-state index contributed by atoms with van der Waals surface area (Å²) in [5.74, 6) is 0.868. The van der Waals surface area contributed by atoms with Gasteiger partial charge in [-0.2, -0.15) is 5.10 Å². The lowest BCUT2D eigenvalue weighted by Crippen LogP contribution is -2.48. The molecular weight excluding hydrogens is 296 g/mol. The zero-order valence-electron chi connectivity index (χ0n) is 13.5. The first-order valence-corrected chi connectivity index (χ1v) is 7.79. The second-order valence-electron chi connectivity index (χ2n) is 5.41. The number of nitrogens with one attached hydrogen (secondary N) is 1. The van der Waals surface area contributed by atoms with Gasteiger partial charge in [0.15, 0.2) is 5.96 Å². The number of nitrogens with zero attached hydrogens (tertiary/aromatic N) is 5. The zero-order valence-corrected chi connectivity index (χ0v) is 13.5. The molecular formula is C15H22N6O2. The van der Waals surface area contributed by atoms with Crippen molar-refractivity contribution in [3.8, 4) is 0 Å². The summed E-state index contributed by atoms with van der Waals surface area (Å²) in [6.07, 6.45) is 5.42. The molecule has 1 saturated heterocycles. The SMILES string of the molecule is CCNC(=NCc1ccon1)N1CCOC(c2cnn(C)c2)C1. The molecule has 23 heavy (non-hydrogen) atoms. The molecule has 0 aromatic carbocycles. The van der Waals surface area contributed by atoms with Crippen molar-refractivity contribution in [1.29, 1.82) is 0 Å². The summed E-state index contributed by atoms with van der Waals surface area (Å²) in [4.78, 5) is 6.86. The Balaban J connectivity index is 1.69. The van der Waals surface area contributed by atoms with E-state index in [0.29, 0.717) is 13.2 Å². The minimum atomic E-state index is 0.00774. The number of hydrogen-bond acceptors (Lipinski definition) is 5. The molecule has 0 bridgehead atoms. The first-order valence-electron chi connectivity index (χ1n) is 7.79. The molecule has 3 rings (SSSR count). The number of aromatic nitrogens is 3. The monoisotopic (exact) mass is 318 g/mol. The van der Waals surface area contributed by atoms with Crippen molar-refractivity contribution in [1.82, 2.24) is 25.2 Å². The third kappa shape index (κ3) is 3.89. The quantitative estimate of drug-likeness (QED) is 0.668. The van der Waals surface area contributed by atoms with Crippen molar-refractivity contribution < 1.29 is 9.26 Å². The van der Waals surface area contributed by atoms with Crippen LogP contribution in [0.2, 0.25) is 0 Å². The number of hydrogen-bond donors (Lipinski definition) is 1. The maximum Gasteiger partial charge on any atom is 0.194 e. The Morgan fingerprint density at radius 1 is 1.52 bits per heavy atom. The van der Waals surface area contributed by atoms with Gasteiger partial charge in [-0.1, -0.05) is 5.16 Å². The number of rotatable bonds is 4. The van der Waals surface area contributed by atoms with Gasteiger partial charge in [-0.15, -0.1) is 0 Å². The van der Waals surface area contributed by atoms with E-state index in [1.165, 1.54) is 0 Å². The molecule has 1 unspecified atom stereocenters. The molecule has 0 spiro atoms. The molecule has 8 heteroatoms. The molecule has 0 amide bonds. The van der Waals surface area contributed by atoms with Gasteiger partial charge in [0.2, 0.25) is 0 Å². The van der Waals surface area contributed by atoms with Crippen LogP contribution in [0, 0.1) is 0 Å². The first kappa shape index (κ1) is 15.5. The van der Waals surface area contributed by atoms with Gasteiger partial charge in [0.1, 0.15) is 18.1 Å². The largest absolute Gasteiger partial charge is 0.370 e. The minimum absolute atomic E-state index is 0.00774. The van der Waals surface area contributed by atoms with Gasteiger partial charge in [0, 0.05) is 38.0 Å². The summed E-state index contributed by atoms with van der Waals surface area (Å²) in [6, 6.07) is 1.82. The molecule has 1 atom stereocenters. The topological polar surface area (TPSA) is 80.7 Å². The van der Waals surface area contributed by atoms with Crippen molar-refractivity contribution in [3.63, 3.8) is 0 Å². The van der Waals surface area contributed by atoms with E-state index in [9.17, 15) is 0 Å². The summed E-state index contributed by atoms with van der Waals surface area (Å²) in [7, 11) is 1.91. The zero-order chi connectivity index (χ0) is 16.1. The lowest BCUT2D eigenvalue weighted by Gasteiger charge is -2.34. The number of morpholine rings is 1. The van der Waals surface area contributed by atoms with E-state index in [4.69, 9.17) is 9.26 Å². The van der Waals surface area contributed by atoms with Crippen molar-refractivity contribution in [3.05, 3.63) is 36.0 Å². The van der Waals surface area contributed by atoms with Gasteiger partial charge < -0.3 is 19.5 Å². The summed E-state index contributed by atoms with van der Waals surface area (Å²) in [5, 5.41) is 11.4. The van der Waals surface area contributed by atoms with Gasteiger partial charge >= 0.3 is 0 Å². The highest BCUT2D eigenvalue weighted by molar-refractivity contribution is 5.80. The lowest BCUT2D eigenvalue weighted by atomic mass is 10.1. The Morgan fingerprint density at radius 2 is 2.43 bits per heavy atom. The molecule has 8 nitrogen and oxygen atoms in total. The number of guanidine groups is 1. The minimum Gasteiger partial charge on any atom is -0.370 e. The van der Waals surface area contributed by atoms with Crippen LogP contribution in [-0.2, 0) is 18.3 Å². The van der Waals surface area contributed by atoms with E-state index in [-0.39, 0.29) is 6.10 Å². The molecule has 2 aromatic heterocycles. The number of aryl methyl sites for hydroxylation is 1. The summed E-state index contributed by atoms with van der Waals surface area (Å²) < 4.78 is 12.5. The Morgan fingerprint density at radius 3 is 3.13 bits per heavy atom. The van der Waals surface area contributed by atoms with Crippen LogP contribution >= 0.6 is 0 Å². The van der Waals surface area contributed by atoms with E-state index < -0.39 is 0 Å². The van der Waals surface area contributed by atoms with Crippen LogP contribution in [0.1, 0.15) is 24.3 Å². The highest BCUT2D eigenvalue weighted by Crippen LogP contribution is 2.21. The van der Waals surface area contributed by atoms with Crippen molar-refractivity contribution in [2.75, 3.05) is 26.2 Å². The Hall–Kier alpha value is -2.35. The van der Waals surface area contributed by atoms with Crippen LogP contribution in [0.3, 0.4) is 0 Å². The van der Waals surface area contributed by atoms with Crippen LogP contribution in [0.15, 0.2) is 34.2 Å². The van der Waals surface area contributed by atoms with Crippen LogP contribution in [0.25, 0.3) is 0 Å². The normalized spacial score (nSPS) is 19.1. The maximum atomic E-state index is 5.88. The van der Waals surface area contributed by atoms with Gasteiger partial charge in [-0.3, -0.25) is 4.68 Å². The second kappa shape index (κ2) is 7.28. The molecule has 2 aromatic rings. The van der Waals surface area contributed by atoms with Crippen LogP contribution in [0.4, 0.5) is 0 Å². The molecule has 1 fully saturated rings. The highest BCUT2D eigenvalue weighted by Gasteiger charge is 2.25. The molecule has 0 aliphatic carbocycles. The predicted molar refractivity (Wildman–Crippen MR) is 84.8 cm³/mol. The summed E-state index contributed by atoms with van der Waals surface area (Å²) in [6.45, 7) is 5.58. The molecule has 0 saturated carbocycles. The average molecular weight is 318 g/mol. The molecule has 1 aliphatic rings. The first-order chi connectivity index (χ1) is 11.3. The van der Waals surface area contributed by atoms with Gasteiger partial charge in [-0.05, 0) is 6.92 Å². The molecule has 1 aliphatic heterocycles.